The van der Waals surface area contributed by atoms with Crippen molar-refractivity contribution in [3.63, 3.8) is 0 Å². The zero-order valence-corrected chi connectivity index (χ0v) is 15.8. The summed E-state index contributed by atoms with van der Waals surface area (Å²) >= 11 is 6.62. The first-order valence-electron chi connectivity index (χ1n) is 6.88. The monoisotopic (exact) mass is 470 g/mol. The number of rotatable bonds is 2. The minimum absolute atomic E-state index is 0.0138. The highest BCUT2D eigenvalue weighted by Crippen LogP contribution is 2.36. The van der Waals surface area contributed by atoms with E-state index in [9.17, 15) is 14.0 Å². The number of hydrogen-bond acceptors (Lipinski definition) is 5. The molecule has 0 aliphatic carbocycles. The number of nitrogens with zero attached hydrogens (tertiary/aromatic N) is 1. The van der Waals surface area contributed by atoms with Crippen LogP contribution in [-0.4, -0.2) is 16.9 Å². The van der Waals surface area contributed by atoms with Crippen molar-refractivity contribution >= 4 is 55.6 Å². The second-order valence-corrected chi connectivity index (χ2v) is 6.66. The highest BCUT2D eigenvalue weighted by Gasteiger charge is 2.24. The molecule has 6 nitrogen and oxygen atoms in total. The van der Waals surface area contributed by atoms with Crippen molar-refractivity contribution in [3.05, 3.63) is 50.5 Å². The van der Waals surface area contributed by atoms with Crippen molar-refractivity contribution in [3.8, 4) is 11.5 Å². The van der Waals surface area contributed by atoms with E-state index >= 15 is 0 Å². The van der Waals surface area contributed by atoms with Gasteiger partial charge in [0.05, 0.1) is 8.95 Å². The van der Waals surface area contributed by atoms with Crippen LogP contribution in [0.2, 0.25) is 0 Å². The van der Waals surface area contributed by atoms with E-state index in [0.717, 1.165) is 6.07 Å². The van der Waals surface area contributed by atoms with E-state index < -0.39 is 17.8 Å². The molecule has 128 valence electrons. The van der Waals surface area contributed by atoms with Crippen LogP contribution in [-0.2, 0) is 9.59 Å². The van der Waals surface area contributed by atoms with Crippen molar-refractivity contribution in [2.75, 3.05) is 5.32 Å². The lowest BCUT2D eigenvalue weighted by atomic mass is 10.2. The van der Waals surface area contributed by atoms with Gasteiger partial charge in [0.15, 0.2) is 23.1 Å². The van der Waals surface area contributed by atoms with E-state index in [-0.39, 0.29) is 17.3 Å². The molecule has 0 unspecified atom stereocenters. The summed E-state index contributed by atoms with van der Waals surface area (Å²) in [5.74, 6) is -1.13. The summed E-state index contributed by atoms with van der Waals surface area (Å²) in [5, 5.41) is 2.46. The predicted molar refractivity (Wildman–Crippen MR) is 94.6 cm³/mol. The second kappa shape index (κ2) is 6.93. The number of aromatic nitrogens is 1. The van der Waals surface area contributed by atoms with Gasteiger partial charge in [0, 0.05) is 6.92 Å². The van der Waals surface area contributed by atoms with Crippen molar-refractivity contribution in [2.45, 2.75) is 6.92 Å². The van der Waals surface area contributed by atoms with Gasteiger partial charge in [-0.1, -0.05) is 0 Å². The molecule has 0 saturated carbocycles. The molecule has 1 N–H and O–H groups in total. The zero-order chi connectivity index (χ0) is 18.1. The minimum atomic E-state index is -0.719. The van der Waals surface area contributed by atoms with Gasteiger partial charge in [0.2, 0.25) is 5.95 Å². The van der Waals surface area contributed by atoms with E-state index in [0.29, 0.717) is 20.3 Å². The SMILES string of the molecule is CC(=O)Oc1c(Br)cc(/C=C2/Oc3ccc(F)nc3NC2=O)cc1Br. The molecule has 0 spiro atoms. The topological polar surface area (TPSA) is 77.5 Å². The smallest absolute Gasteiger partial charge is 0.308 e. The van der Waals surface area contributed by atoms with Crippen LogP contribution in [0.1, 0.15) is 12.5 Å². The van der Waals surface area contributed by atoms with Crippen LogP contribution in [0.3, 0.4) is 0 Å². The van der Waals surface area contributed by atoms with Gasteiger partial charge in [-0.15, -0.1) is 0 Å². The van der Waals surface area contributed by atoms with E-state index in [4.69, 9.17) is 9.47 Å². The summed E-state index contributed by atoms with van der Waals surface area (Å²) in [4.78, 5) is 26.8. The summed E-state index contributed by atoms with van der Waals surface area (Å²) in [6, 6.07) is 5.83. The fourth-order valence-corrected chi connectivity index (χ4v) is 3.46. The number of carbonyl (C=O) groups excluding carboxylic acids is 2. The Morgan fingerprint density at radius 1 is 1.32 bits per heavy atom. The maximum atomic E-state index is 13.1. The van der Waals surface area contributed by atoms with Crippen molar-refractivity contribution < 1.29 is 23.5 Å². The molecule has 2 heterocycles. The largest absolute Gasteiger partial charge is 0.448 e. The summed E-state index contributed by atoms with van der Waals surface area (Å²) in [5.41, 5.74) is 0.610. The number of ether oxygens (including phenoxy) is 2. The van der Waals surface area contributed by atoms with E-state index in [2.05, 4.69) is 42.2 Å². The Bertz CT molecular complexity index is 907. The number of hydrogen-bond donors (Lipinski definition) is 1. The Kier molecular flexibility index (Phi) is 4.87. The normalized spacial score (nSPS) is 14.6. The molecule has 0 fully saturated rings. The third-order valence-electron chi connectivity index (χ3n) is 3.06. The van der Waals surface area contributed by atoms with Crippen molar-refractivity contribution in [1.82, 2.24) is 4.98 Å². The zero-order valence-electron chi connectivity index (χ0n) is 12.6. The summed E-state index contributed by atoms with van der Waals surface area (Å²) in [6.45, 7) is 1.29. The summed E-state index contributed by atoms with van der Waals surface area (Å²) < 4.78 is 24.7. The fourth-order valence-electron chi connectivity index (χ4n) is 2.08. The summed E-state index contributed by atoms with van der Waals surface area (Å²) in [6.07, 6.45) is 1.49. The lowest BCUT2D eigenvalue weighted by Crippen LogP contribution is -2.24. The molecule has 25 heavy (non-hydrogen) atoms. The van der Waals surface area contributed by atoms with Crippen LogP contribution in [0.25, 0.3) is 6.08 Å². The molecule has 0 atom stereocenters. The number of amides is 1. The lowest BCUT2D eigenvalue weighted by molar-refractivity contribution is -0.132. The molecule has 1 amide bonds. The van der Waals surface area contributed by atoms with Gasteiger partial charge in [-0.05, 0) is 67.8 Å². The Hall–Kier alpha value is -2.26. The average molecular weight is 472 g/mol. The number of benzene rings is 1. The minimum Gasteiger partial charge on any atom is -0.448 e. The third-order valence-corrected chi connectivity index (χ3v) is 4.24. The van der Waals surface area contributed by atoms with Crippen LogP contribution in [0.5, 0.6) is 11.5 Å². The number of carbonyl (C=O) groups is 2. The Labute approximate surface area is 158 Å². The van der Waals surface area contributed by atoms with E-state index in [1.165, 1.54) is 19.1 Å². The number of pyridine rings is 1. The van der Waals surface area contributed by atoms with Crippen LogP contribution in [0, 0.1) is 5.95 Å². The molecule has 3 rings (SSSR count). The number of fused-ring (bicyclic) bond motifs is 1. The van der Waals surface area contributed by atoms with Crippen LogP contribution < -0.4 is 14.8 Å². The molecule has 1 aliphatic heterocycles. The first-order chi connectivity index (χ1) is 11.8. The number of esters is 1. The van der Waals surface area contributed by atoms with Crippen LogP contribution in [0.4, 0.5) is 10.2 Å². The van der Waals surface area contributed by atoms with Gasteiger partial charge in [-0.3, -0.25) is 9.59 Å². The predicted octanol–water partition coefficient (Wildman–Crippen LogP) is 4.04. The van der Waals surface area contributed by atoms with Gasteiger partial charge >= 0.3 is 5.97 Å². The van der Waals surface area contributed by atoms with Crippen molar-refractivity contribution in [1.29, 1.82) is 0 Å². The molecular weight excluding hydrogens is 463 g/mol. The molecular formula is C16H9Br2FN2O4. The fraction of sp³-hybridized carbons (Fsp3) is 0.0625. The third kappa shape index (κ3) is 3.88. The quantitative estimate of drug-likeness (QED) is 0.309. The molecule has 9 heteroatoms. The lowest BCUT2D eigenvalue weighted by Gasteiger charge is -2.18. The highest BCUT2D eigenvalue weighted by molar-refractivity contribution is 9.11. The molecule has 1 aromatic heterocycles. The summed E-state index contributed by atoms with van der Waals surface area (Å²) in [7, 11) is 0. The Morgan fingerprint density at radius 3 is 2.64 bits per heavy atom. The number of anilines is 1. The van der Waals surface area contributed by atoms with Gasteiger partial charge in [0.25, 0.3) is 5.91 Å². The first kappa shape index (κ1) is 17.6. The Morgan fingerprint density at radius 2 is 2.00 bits per heavy atom. The molecule has 0 saturated heterocycles. The van der Waals surface area contributed by atoms with Crippen LogP contribution in [0.15, 0.2) is 39.0 Å². The highest BCUT2D eigenvalue weighted by atomic mass is 79.9. The maximum Gasteiger partial charge on any atom is 0.308 e. The van der Waals surface area contributed by atoms with Gasteiger partial charge in [-0.25, -0.2) is 0 Å². The number of nitrogens with one attached hydrogen (secondary N) is 1. The van der Waals surface area contributed by atoms with Crippen molar-refractivity contribution in [2.24, 2.45) is 0 Å². The van der Waals surface area contributed by atoms with Gasteiger partial charge < -0.3 is 14.8 Å². The second-order valence-electron chi connectivity index (χ2n) is 4.95. The number of halogens is 3. The van der Waals surface area contributed by atoms with E-state index in [1.54, 1.807) is 12.1 Å². The van der Waals surface area contributed by atoms with Crippen LogP contribution >= 0.6 is 31.9 Å². The molecule has 1 aromatic carbocycles. The molecule has 2 aromatic rings. The first-order valence-corrected chi connectivity index (χ1v) is 8.47. The Balaban J connectivity index is 1.94. The average Bonchev–Trinajstić information content (AvgIpc) is 2.52. The molecule has 0 radical (unpaired) electrons. The maximum absolute atomic E-state index is 13.1. The van der Waals surface area contributed by atoms with E-state index in [1.807, 2.05) is 0 Å². The van der Waals surface area contributed by atoms with Gasteiger partial charge in [-0.2, -0.15) is 9.37 Å². The standard InChI is InChI=1S/C16H9Br2FN2O4/c1-7(22)24-14-9(17)4-8(5-10(14)18)6-12-16(23)21-15-11(25-12)2-3-13(19)20-15/h2-6H,1H3,(H,20,21,23)/b12-6+. The molecule has 0 bridgehead atoms. The molecule has 1 aliphatic rings. The van der Waals surface area contributed by atoms with Gasteiger partial charge in [0.1, 0.15) is 0 Å².